The molecule has 2 N–H and O–H groups in total. The third-order valence-corrected chi connectivity index (χ3v) is 2.73. The Morgan fingerprint density at radius 1 is 1.14 bits per heavy atom. The Balaban J connectivity index is 1.97. The second kappa shape index (κ2) is 7.11. The number of para-hydroxylation sites is 2. The maximum atomic E-state index is 10.8. The summed E-state index contributed by atoms with van der Waals surface area (Å²) in [5, 5.41) is 18.0. The number of benzene rings is 2. The maximum absolute atomic E-state index is 10.8. The average molecular weight is 300 g/mol. The monoisotopic (exact) mass is 300 g/mol. The van der Waals surface area contributed by atoms with E-state index in [-0.39, 0.29) is 5.69 Å². The zero-order valence-corrected chi connectivity index (χ0v) is 11.7. The Morgan fingerprint density at radius 3 is 2.52 bits per heavy atom. The lowest BCUT2D eigenvalue weighted by atomic mass is 10.2. The van der Waals surface area contributed by atoms with Gasteiger partial charge in [-0.2, -0.15) is 5.10 Å². The third kappa shape index (κ3) is 4.36. The fourth-order valence-corrected chi connectivity index (χ4v) is 1.77. The highest BCUT2D eigenvalue weighted by molar-refractivity contribution is 7.80. The van der Waals surface area contributed by atoms with E-state index in [0.29, 0.717) is 10.7 Å². The molecule has 6 nitrogen and oxygen atoms in total. The molecule has 2 aromatic rings. The minimum Gasteiger partial charge on any atom is -0.331 e. The highest BCUT2D eigenvalue weighted by Crippen LogP contribution is 2.15. The first-order valence-electron chi connectivity index (χ1n) is 6.05. The number of nitrogens with zero attached hydrogens (tertiary/aromatic N) is 2. The molecule has 0 radical (unpaired) electrons. The van der Waals surface area contributed by atoms with Crippen LogP contribution in [0.2, 0.25) is 0 Å². The van der Waals surface area contributed by atoms with Crippen LogP contribution in [0.4, 0.5) is 11.4 Å². The van der Waals surface area contributed by atoms with E-state index in [4.69, 9.17) is 12.2 Å². The first-order chi connectivity index (χ1) is 10.2. The summed E-state index contributed by atoms with van der Waals surface area (Å²) >= 11 is 5.07. The lowest BCUT2D eigenvalue weighted by Crippen LogP contribution is -2.23. The van der Waals surface area contributed by atoms with E-state index in [1.807, 2.05) is 30.3 Å². The van der Waals surface area contributed by atoms with Crippen molar-refractivity contribution in [2.45, 2.75) is 0 Å². The number of hydrogen-bond acceptors (Lipinski definition) is 4. The van der Waals surface area contributed by atoms with Crippen LogP contribution in [0.25, 0.3) is 0 Å². The van der Waals surface area contributed by atoms with Crippen LogP contribution in [0.1, 0.15) is 5.56 Å². The maximum Gasteiger partial charge on any atom is 0.278 e. The van der Waals surface area contributed by atoms with E-state index in [1.165, 1.54) is 12.3 Å². The molecule has 0 atom stereocenters. The number of nitro groups is 1. The first kappa shape index (κ1) is 14.6. The Labute approximate surface area is 126 Å². The standard InChI is InChI=1S/C14H12N4O2S/c19-18(20)13-9-5-4-6-11(13)10-15-17-14(21)16-12-7-2-1-3-8-12/h1-10H,(H2,16,17,21)/b15-10-. The molecule has 0 amide bonds. The van der Waals surface area contributed by atoms with Crippen molar-refractivity contribution in [3.8, 4) is 0 Å². The molecular weight excluding hydrogens is 288 g/mol. The Bertz CT molecular complexity index is 674. The van der Waals surface area contributed by atoms with Crippen molar-refractivity contribution in [3.05, 3.63) is 70.3 Å². The third-order valence-electron chi connectivity index (χ3n) is 2.53. The fraction of sp³-hybridized carbons (Fsp3) is 0. The van der Waals surface area contributed by atoms with E-state index in [1.54, 1.807) is 18.2 Å². The molecule has 0 aliphatic heterocycles. The molecule has 2 rings (SSSR count). The van der Waals surface area contributed by atoms with Gasteiger partial charge in [-0.3, -0.25) is 15.5 Å². The SMILES string of the molecule is O=[N+]([O-])c1ccccc1/C=N\NC(=S)Nc1ccccc1. The second-order valence-electron chi connectivity index (χ2n) is 4.01. The van der Waals surface area contributed by atoms with E-state index in [0.717, 1.165) is 5.69 Å². The summed E-state index contributed by atoms with van der Waals surface area (Å²) in [7, 11) is 0. The molecule has 0 bridgehead atoms. The lowest BCUT2D eigenvalue weighted by molar-refractivity contribution is -0.385. The molecule has 2 aromatic carbocycles. The summed E-state index contributed by atoms with van der Waals surface area (Å²) in [6, 6.07) is 15.7. The van der Waals surface area contributed by atoms with Crippen molar-refractivity contribution in [2.24, 2.45) is 5.10 Å². The number of hydrogen-bond donors (Lipinski definition) is 2. The Morgan fingerprint density at radius 2 is 1.81 bits per heavy atom. The van der Waals surface area contributed by atoms with Crippen LogP contribution in [-0.4, -0.2) is 16.3 Å². The fourth-order valence-electron chi connectivity index (χ4n) is 1.60. The number of nitro benzene ring substituents is 1. The first-order valence-corrected chi connectivity index (χ1v) is 6.46. The molecular formula is C14H12N4O2S. The summed E-state index contributed by atoms with van der Waals surface area (Å²) in [4.78, 5) is 10.4. The van der Waals surface area contributed by atoms with Gasteiger partial charge in [-0.15, -0.1) is 0 Å². The van der Waals surface area contributed by atoms with Crippen LogP contribution in [0.3, 0.4) is 0 Å². The van der Waals surface area contributed by atoms with E-state index >= 15 is 0 Å². The van der Waals surface area contributed by atoms with Crippen molar-refractivity contribution in [1.82, 2.24) is 5.43 Å². The van der Waals surface area contributed by atoms with Gasteiger partial charge in [0.1, 0.15) is 0 Å². The smallest absolute Gasteiger partial charge is 0.278 e. The van der Waals surface area contributed by atoms with Crippen LogP contribution < -0.4 is 10.7 Å². The van der Waals surface area contributed by atoms with Crippen LogP contribution in [0.15, 0.2) is 59.7 Å². The average Bonchev–Trinajstić information content (AvgIpc) is 2.48. The highest BCUT2D eigenvalue weighted by Gasteiger charge is 2.09. The van der Waals surface area contributed by atoms with Gasteiger partial charge in [0.05, 0.1) is 16.7 Å². The zero-order chi connectivity index (χ0) is 15.1. The van der Waals surface area contributed by atoms with E-state index in [9.17, 15) is 10.1 Å². The second-order valence-corrected chi connectivity index (χ2v) is 4.41. The quantitative estimate of drug-likeness (QED) is 0.393. The van der Waals surface area contributed by atoms with E-state index < -0.39 is 4.92 Å². The van der Waals surface area contributed by atoms with Crippen molar-refractivity contribution in [3.63, 3.8) is 0 Å². The van der Waals surface area contributed by atoms with Crippen LogP contribution in [0.5, 0.6) is 0 Å². The molecule has 0 saturated heterocycles. The number of thiocarbonyl (C=S) groups is 1. The summed E-state index contributed by atoms with van der Waals surface area (Å²) in [6.45, 7) is 0. The Kier molecular flexibility index (Phi) is 4.94. The molecule has 0 aliphatic rings. The van der Waals surface area contributed by atoms with Crippen molar-refractivity contribution in [1.29, 1.82) is 0 Å². The largest absolute Gasteiger partial charge is 0.331 e. The topological polar surface area (TPSA) is 79.6 Å². The number of anilines is 1. The van der Waals surface area contributed by atoms with Gasteiger partial charge in [0.25, 0.3) is 5.69 Å². The van der Waals surface area contributed by atoms with Gasteiger partial charge in [0.2, 0.25) is 0 Å². The van der Waals surface area contributed by atoms with Gasteiger partial charge in [-0.1, -0.05) is 30.3 Å². The summed E-state index contributed by atoms with van der Waals surface area (Å²) in [6.07, 6.45) is 1.36. The molecule has 0 spiro atoms. The lowest BCUT2D eigenvalue weighted by Gasteiger charge is -2.06. The summed E-state index contributed by atoms with van der Waals surface area (Å²) in [5.41, 5.74) is 3.83. The predicted octanol–water partition coefficient (Wildman–Crippen LogP) is 2.92. The summed E-state index contributed by atoms with van der Waals surface area (Å²) in [5.74, 6) is 0. The van der Waals surface area contributed by atoms with E-state index in [2.05, 4.69) is 15.8 Å². The van der Waals surface area contributed by atoms with Crippen LogP contribution in [-0.2, 0) is 0 Å². The van der Waals surface area contributed by atoms with Gasteiger partial charge in [0.15, 0.2) is 5.11 Å². The molecule has 106 valence electrons. The summed E-state index contributed by atoms with van der Waals surface area (Å²) < 4.78 is 0. The Hall–Kier alpha value is -2.80. The van der Waals surface area contributed by atoms with Crippen molar-refractivity contribution >= 4 is 34.9 Å². The molecule has 21 heavy (non-hydrogen) atoms. The van der Waals surface area contributed by atoms with Crippen molar-refractivity contribution < 1.29 is 4.92 Å². The molecule has 0 unspecified atom stereocenters. The predicted molar refractivity (Wildman–Crippen MR) is 86.5 cm³/mol. The van der Waals surface area contributed by atoms with Crippen LogP contribution in [0, 0.1) is 10.1 Å². The molecule has 0 aromatic heterocycles. The minimum atomic E-state index is -0.456. The molecule has 0 saturated carbocycles. The van der Waals surface area contributed by atoms with Gasteiger partial charge in [0, 0.05) is 11.8 Å². The van der Waals surface area contributed by atoms with Gasteiger partial charge < -0.3 is 5.32 Å². The van der Waals surface area contributed by atoms with Crippen molar-refractivity contribution in [2.75, 3.05) is 5.32 Å². The molecule has 0 fully saturated rings. The van der Waals surface area contributed by atoms with Gasteiger partial charge in [-0.25, -0.2) is 0 Å². The number of rotatable bonds is 4. The highest BCUT2D eigenvalue weighted by atomic mass is 32.1. The normalized spacial score (nSPS) is 10.3. The van der Waals surface area contributed by atoms with Gasteiger partial charge in [-0.05, 0) is 30.4 Å². The van der Waals surface area contributed by atoms with Gasteiger partial charge >= 0.3 is 0 Å². The molecule has 0 heterocycles. The zero-order valence-electron chi connectivity index (χ0n) is 10.9. The molecule has 7 heteroatoms. The molecule has 0 aliphatic carbocycles. The number of hydrazone groups is 1. The van der Waals surface area contributed by atoms with Crippen LogP contribution >= 0.6 is 12.2 Å². The minimum absolute atomic E-state index is 0.00927. The number of nitrogens with one attached hydrogen (secondary N) is 2.